The predicted molar refractivity (Wildman–Crippen MR) is 89.0 cm³/mol. The summed E-state index contributed by atoms with van der Waals surface area (Å²) in [6, 6.07) is 4.20. The summed E-state index contributed by atoms with van der Waals surface area (Å²) < 4.78 is 0. The standard InChI is InChI=1S/C18H24N4O2/c23-17-6-5-15-16(22(17)12-13-3-4-13)7-9-21(15)18(24)20-11-14-2-1-8-19-10-14/h1-2,8,10,13,15-16H,3-7,9,11-12H2,(H,20,24)/t15-,16-/m1/s1. The van der Waals surface area contributed by atoms with Crippen LogP contribution in [0.15, 0.2) is 24.5 Å². The van der Waals surface area contributed by atoms with Gasteiger partial charge in [-0.3, -0.25) is 9.78 Å². The van der Waals surface area contributed by atoms with Gasteiger partial charge in [-0.25, -0.2) is 4.79 Å². The smallest absolute Gasteiger partial charge is 0.317 e. The molecule has 4 rings (SSSR count). The second-order valence-corrected chi connectivity index (χ2v) is 7.16. The van der Waals surface area contributed by atoms with Crippen LogP contribution in [-0.4, -0.2) is 51.9 Å². The monoisotopic (exact) mass is 328 g/mol. The molecule has 3 heterocycles. The van der Waals surface area contributed by atoms with E-state index in [1.807, 2.05) is 17.0 Å². The molecule has 2 saturated heterocycles. The maximum absolute atomic E-state index is 12.6. The van der Waals surface area contributed by atoms with Gasteiger partial charge in [0.2, 0.25) is 5.91 Å². The number of pyridine rings is 1. The van der Waals surface area contributed by atoms with Crippen LogP contribution in [0.5, 0.6) is 0 Å². The second-order valence-electron chi connectivity index (χ2n) is 7.16. The molecule has 0 unspecified atom stereocenters. The van der Waals surface area contributed by atoms with Crippen LogP contribution in [0.25, 0.3) is 0 Å². The largest absolute Gasteiger partial charge is 0.337 e. The maximum atomic E-state index is 12.6. The minimum Gasteiger partial charge on any atom is -0.337 e. The second kappa shape index (κ2) is 6.42. The van der Waals surface area contributed by atoms with Crippen molar-refractivity contribution in [1.82, 2.24) is 20.1 Å². The Bertz CT molecular complexity index is 617. The number of carbonyl (C=O) groups is 2. The van der Waals surface area contributed by atoms with Crippen molar-refractivity contribution in [1.29, 1.82) is 0 Å². The summed E-state index contributed by atoms with van der Waals surface area (Å²) in [4.78, 5) is 33.0. The first-order chi connectivity index (χ1) is 11.7. The molecule has 1 N–H and O–H groups in total. The molecule has 0 spiro atoms. The molecule has 1 aromatic rings. The van der Waals surface area contributed by atoms with Gasteiger partial charge in [0.25, 0.3) is 0 Å². The third-order valence-corrected chi connectivity index (χ3v) is 5.46. The molecule has 24 heavy (non-hydrogen) atoms. The minimum absolute atomic E-state index is 0.0212. The summed E-state index contributed by atoms with van der Waals surface area (Å²) in [6.45, 7) is 2.12. The number of hydrogen-bond acceptors (Lipinski definition) is 3. The van der Waals surface area contributed by atoms with E-state index in [9.17, 15) is 9.59 Å². The SMILES string of the molecule is O=C1CC[C@@H]2[C@@H](CCN2C(=O)NCc2cccnc2)N1CC1CC1. The Kier molecular flexibility index (Phi) is 4.12. The molecule has 0 aromatic carbocycles. The highest BCUT2D eigenvalue weighted by Gasteiger charge is 2.45. The Morgan fingerprint density at radius 1 is 1.25 bits per heavy atom. The van der Waals surface area contributed by atoms with E-state index >= 15 is 0 Å². The van der Waals surface area contributed by atoms with Gasteiger partial charge in [-0.1, -0.05) is 6.07 Å². The highest BCUT2D eigenvalue weighted by atomic mass is 16.2. The number of likely N-dealkylation sites (tertiary alicyclic amines) is 2. The summed E-state index contributed by atoms with van der Waals surface area (Å²) in [5.41, 5.74) is 0.996. The zero-order chi connectivity index (χ0) is 16.5. The van der Waals surface area contributed by atoms with Crippen LogP contribution in [0.1, 0.15) is 37.7 Å². The van der Waals surface area contributed by atoms with Crippen molar-refractivity contribution in [3.8, 4) is 0 Å². The van der Waals surface area contributed by atoms with Crippen molar-refractivity contribution in [3.63, 3.8) is 0 Å². The first kappa shape index (κ1) is 15.4. The number of hydrogen-bond donors (Lipinski definition) is 1. The fourth-order valence-corrected chi connectivity index (χ4v) is 4.00. The molecule has 1 aliphatic carbocycles. The van der Waals surface area contributed by atoms with E-state index in [-0.39, 0.29) is 24.0 Å². The number of nitrogens with zero attached hydrogens (tertiary/aromatic N) is 3. The van der Waals surface area contributed by atoms with Crippen molar-refractivity contribution in [2.45, 2.75) is 50.7 Å². The highest BCUT2D eigenvalue weighted by molar-refractivity contribution is 5.79. The summed E-state index contributed by atoms with van der Waals surface area (Å²) in [7, 11) is 0. The van der Waals surface area contributed by atoms with Gasteiger partial charge in [0.15, 0.2) is 0 Å². The minimum atomic E-state index is -0.0212. The molecule has 3 fully saturated rings. The third kappa shape index (κ3) is 3.09. The van der Waals surface area contributed by atoms with Crippen molar-refractivity contribution in [3.05, 3.63) is 30.1 Å². The van der Waals surface area contributed by atoms with E-state index in [4.69, 9.17) is 0 Å². The zero-order valence-electron chi connectivity index (χ0n) is 13.9. The number of fused-ring (bicyclic) bond motifs is 1. The van der Waals surface area contributed by atoms with Crippen LogP contribution in [-0.2, 0) is 11.3 Å². The quantitative estimate of drug-likeness (QED) is 0.916. The van der Waals surface area contributed by atoms with E-state index in [1.165, 1.54) is 12.8 Å². The summed E-state index contributed by atoms with van der Waals surface area (Å²) in [5, 5.41) is 3.00. The Morgan fingerprint density at radius 2 is 2.12 bits per heavy atom. The van der Waals surface area contributed by atoms with Gasteiger partial charge in [0, 0.05) is 38.4 Å². The van der Waals surface area contributed by atoms with Gasteiger partial charge in [-0.2, -0.15) is 0 Å². The van der Waals surface area contributed by atoms with Crippen molar-refractivity contribution < 1.29 is 9.59 Å². The first-order valence-electron chi connectivity index (χ1n) is 8.95. The van der Waals surface area contributed by atoms with Gasteiger partial charge < -0.3 is 15.1 Å². The third-order valence-electron chi connectivity index (χ3n) is 5.46. The molecule has 6 nitrogen and oxygen atoms in total. The number of carbonyl (C=O) groups excluding carboxylic acids is 2. The predicted octanol–water partition coefficient (Wildman–Crippen LogP) is 1.77. The molecule has 1 aromatic heterocycles. The summed E-state index contributed by atoms with van der Waals surface area (Å²) >= 11 is 0. The van der Waals surface area contributed by atoms with E-state index in [0.29, 0.717) is 18.9 Å². The number of urea groups is 1. The van der Waals surface area contributed by atoms with Crippen LogP contribution in [0, 0.1) is 5.92 Å². The molecular weight excluding hydrogens is 304 g/mol. The molecule has 3 amide bonds. The van der Waals surface area contributed by atoms with Gasteiger partial charge >= 0.3 is 6.03 Å². The number of aromatic nitrogens is 1. The van der Waals surface area contributed by atoms with Crippen LogP contribution in [0.4, 0.5) is 4.79 Å². The fourth-order valence-electron chi connectivity index (χ4n) is 4.00. The molecule has 6 heteroatoms. The van der Waals surface area contributed by atoms with Gasteiger partial charge in [0.1, 0.15) is 0 Å². The fraction of sp³-hybridized carbons (Fsp3) is 0.611. The average Bonchev–Trinajstić information content (AvgIpc) is 3.32. The summed E-state index contributed by atoms with van der Waals surface area (Å²) in [6.07, 6.45) is 8.26. The van der Waals surface area contributed by atoms with Crippen molar-refractivity contribution >= 4 is 11.9 Å². The maximum Gasteiger partial charge on any atom is 0.317 e. The Labute approximate surface area is 142 Å². The van der Waals surface area contributed by atoms with Gasteiger partial charge in [-0.15, -0.1) is 0 Å². The summed E-state index contributed by atoms with van der Waals surface area (Å²) in [5.74, 6) is 0.974. The lowest BCUT2D eigenvalue weighted by Crippen LogP contribution is -2.55. The van der Waals surface area contributed by atoms with E-state index in [2.05, 4.69) is 15.2 Å². The Morgan fingerprint density at radius 3 is 2.88 bits per heavy atom. The lowest BCUT2D eigenvalue weighted by Gasteiger charge is -2.39. The van der Waals surface area contributed by atoms with E-state index in [1.54, 1.807) is 12.4 Å². The normalized spacial score (nSPS) is 26.4. The average molecular weight is 328 g/mol. The molecule has 2 atom stereocenters. The Hall–Kier alpha value is -2.11. The van der Waals surface area contributed by atoms with E-state index in [0.717, 1.165) is 31.5 Å². The molecule has 0 bridgehead atoms. The lowest BCUT2D eigenvalue weighted by molar-refractivity contribution is -0.137. The molecule has 1 saturated carbocycles. The van der Waals surface area contributed by atoms with Crippen LogP contribution in [0.3, 0.4) is 0 Å². The number of rotatable bonds is 4. The van der Waals surface area contributed by atoms with Crippen molar-refractivity contribution in [2.24, 2.45) is 5.92 Å². The Balaban J connectivity index is 1.38. The van der Waals surface area contributed by atoms with Crippen LogP contribution < -0.4 is 5.32 Å². The molecule has 3 aliphatic rings. The molecule has 2 aliphatic heterocycles. The molecular formula is C18H24N4O2. The van der Waals surface area contributed by atoms with Crippen molar-refractivity contribution in [2.75, 3.05) is 13.1 Å². The van der Waals surface area contributed by atoms with Gasteiger partial charge in [0.05, 0.1) is 12.1 Å². The first-order valence-corrected chi connectivity index (χ1v) is 8.95. The number of nitrogens with one attached hydrogen (secondary N) is 1. The lowest BCUT2D eigenvalue weighted by atomic mass is 9.96. The molecule has 0 radical (unpaired) electrons. The zero-order valence-corrected chi connectivity index (χ0v) is 13.9. The van der Waals surface area contributed by atoms with Crippen LogP contribution >= 0.6 is 0 Å². The topological polar surface area (TPSA) is 65.5 Å². The van der Waals surface area contributed by atoms with Crippen LogP contribution in [0.2, 0.25) is 0 Å². The highest BCUT2D eigenvalue weighted by Crippen LogP contribution is 2.36. The number of amides is 3. The molecule has 128 valence electrons. The van der Waals surface area contributed by atoms with Gasteiger partial charge in [-0.05, 0) is 43.2 Å². The number of piperidine rings is 1. The van der Waals surface area contributed by atoms with E-state index < -0.39 is 0 Å².